The van der Waals surface area contributed by atoms with Gasteiger partial charge in [-0.05, 0) is 54.3 Å². The van der Waals surface area contributed by atoms with Gasteiger partial charge in [0.05, 0.1) is 12.8 Å². The maximum Gasteiger partial charge on any atom is 0.265 e. The van der Waals surface area contributed by atoms with E-state index in [9.17, 15) is 9.18 Å². The van der Waals surface area contributed by atoms with Crippen LogP contribution in [-0.2, 0) is 10.2 Å². The first-order valence-corrected chi connectivity index (χ1v) is 8.12. The highest BCUT2D eigenvalue weighted by Gasteiger charge is 2.20. The van der Waals surface area contributed by atoms with E-state index in [2.05, 4.69) is 26.1 Å². The molecule has 0 unspecified atom stereocenters. The third-order valence-electron chi connectivity index (χ3n) is 3.82. The largest absolute Gasteiger partial charge is 0.495 e. The summed E-state index contributed by atoms with van der Waals surface area (Å²) in [5, 5.41) is 2.84. The highest BCUT2D eigenvalue weighted by atomic mass is 19.1. The number of carbonyl (C=O) groups excluding carboxylic acids is 1. The molecule has 1 atom stereocenters. The molecule has 0 fully saturated rings. The van der Waals surface area contributed by atoms with Crippen molar-refractivity contribution in [3.63, 3.8) is 0 Å². The van der Waals surface area contributed by atoms with E-state index in [0.29, 0.717) is 17.2 Å². The summed E-state index contributed by atoms with van der Waals surface area (Å²) >= 11 is 0. The molecule has 0 aliphatic carbocycles. The van der Waals surface area contributed by atoms with Gasteiger partial charge in [-0.15, -0.1) is 0 Å². The fourth-order valence-corrected chi connectivity index (χ4v) is 2.28. The maximum absolute atomic E-state index is 12.9. The van der Waals surface area contributed by atoms with Crippen LogP contribution in [0.15, 0.2) is 42.5 Å². The Morgan fingerprint density at radius 2 is 1.76 bits per heavy atom. The van der Waals surface area contributed by atoms with Crippen molar-refractivity contribution in [1.29, 1.82) is 0 Å². The number of ether oxygens (including phenoxy) is 2. The summed E-state index contributed by atoms with van der Waals surface area (Å²) in [6.45, 7) is 7.93. The topological polar surface area (TPSA) is 47.6 Å². The van der Waals surface area contributed by atoms with Crippen molar-refractivity contribution < 1.29 is 18.7 Å². The number of hydrogen-bond acceptors (Lipinski definition) is 3. The Morgan fingerprint density at radius 1 is 1.12 bits per heavy atom. The minimum absolute atomic E-state index is 0.0536. The Labute approximate surface area is 148 Å². The van der Waals surface area contributed by atoms with Gasteiger partial charge >= 0.3 is 0 Å². The first-order chi connectivity index (χ1) is 11.7. The van der Waals surface area contributed by atoms with E-state index < -0.39 is 6.10 Å². The van der Waals surface area contributed by atoms with Crippen molar-refractivity contribution in [1.82, 2.24) is 0 Å². The molecule has 0 aromatic heterocycles. The molecule has 134 valence electrons. The number of anilines is 1. The third kappa shape index (κ3) is 4.95. The zero-order valence-electron chi connectivity index (χ0n) is 15.2. The van der Waals surface area contributed by atoms with Gasteiger partial charge in [0.2, 0.25) is 0 Å². The lowest BCUT2D eigenvalue weighted by Gasteiger charge is -2.22. The van der Waals surface area contributed by atoms with E-state index in [1.54, 1.807) is 14.0 Å². The predicted octanol–water partition coefficient (Wildman–Crippen LogP) is 4.54. The summed E-state index contributed by atoms with van der Waals surface area (Å²) in [5.41, 5.74) is 1.62. The summed E-state index contributed by atoms with van der Waals surface area (Å²) < 4.78 is 23.8. The molecule has 25 heavy (non-hydrogen) atoms. The number of rotatable bonds is 5. The second kappa shape index (κ2) is 7.55. The summed E-state index contributed by atoms with van der Waals surface area (Å²) in [6, 6.07) is 11.3. The smallest absolute Gasteiger partial charge is 0.265 e. The number of hydrogen-bond donors (Lipinski definition) is 1. The van der Waals surface area contributed by atoms with Crippen LogP contribution in [-0.4, -0.2) is 19.1 Å². The van der Waals surface area contributed by atoms with Crippen LogP contribution in [0.25, 0.3) is 0 Å². The molecule has 0 saturated carbocycles. The zero-order chi connectivity index (χ0) is 18.6. The molecule has 0 bridgehead atoms. The second-order valence-corrected chi connectivity index (χ2v) is 6.87. The van der Waals surface area contributed by atoms with Gasteiger partial charge in [-0.2, -0.15) is 0 Å². The van der Waals surface area contributed by atoms with Gasteiger partial charge in [0.25, 0.3) is 5.91 Å². The van der Waals surface area contributed by atoms with Crippen LogP contribution < -0.4 is 14.8 Å². The Hall–Kier alpha value is -2.56. The van der Waals surface area contributed by atoms with Crippen LogP contribution in [0, 0.1) is 5.82 Å². The summed E-state index contributed by atoms with van der Waals surface area (Å²) in [6.07, 6.45) is -0.742. The average Bonchev–Trinajstić information content (AvgIpc) is 2.56. The zero-order valence-corrected chi connectivity index (χ0v) is 15.2. The fraction of sp³-hybridized carbons (Fsp3) is 0.350. The van der Waals surface area contributed by atoms with E-state index in [-0.39, 0.29) is 17.1 Å². The van der Waals surface area contributed by atoms with Crippen LogP contribution in [0.3, 0.4) is 0 Å². The molecule has 0 saturated heterocycles. The number of amides is 1. The number of halogens is 1. The van der Waals surface area contributed by atoms with Gasteiger partial charge < -0.3 is 14.8 Å². The summed E-state index contributed by atoms with van der Waals surface area (Å²) in [5.74, 6) is 0.344. The number of methoxy groups -OCH3 is 1. The van der Waals surface area contributed by atoms with Crippen molar-refractivity contribution in [2.75, 3.05) is 12.4 Å². The number of benzene rings is 2. The predicted molar refractivity (Wildman–Crippen MR) is 96.8 cm³/mol. The van der Waals surface area contributed by atoms with E-state index in [4.69, 9.17) is 9.47 Å². The SMILES string of the molecule is COc1ccc(C(C)(C)C)cc1NC(=O)[C@@H](C)Oc1ccc(F)cc1. The highest BCUT2D eigenvalue weighted by molar-refractivity contribution is 5.95. The quantitative estimate of drug-likeness (QED) is 0.865. The minimum Gasteiger partial charge on any atom is -0.495 e. The maximum atomic E-state index is 12.9. The molecule has 0 aliphatic rings. The van der Waals surface area contributed by atoms with Crippen LogP contribution in [0.5, 0.6) is 11.5 Å². The van der Waals surface area contributed by atoms with Crippen molar-refractivity contribution in [2.45, 2.75) is 39.2 Å². The van der Waals surface area contributed by atoms with E-state index in [0.717, 1.165) is 5.56 Å². The van der Waals surface area contributed by atoms with Crippen molar-refractivity contribution >= 4 is 11.6 Å². The van der Waals surface area contributed by atoms with Gasteiger partial charge in [-0.1, -0.05) is 26.8 Å². The van der Waals surface area contributed by atoms with Crippen LogP contribution in [0.1, 0.15) is 33.3 Å². The van der Waals surface area contributed by atoms with Gasteiger partial charge in [0.15, 0.2) is 6.10 Å². The van der Waals surface area contributed by atoms with Crippen LogP contribution >= 0.6 is 0 Å². The molecule has 2 rings (SSSR count). The molecule has 0 aliphatic heterocycles. The minimum atomic E-state index is -0.742. The third-order valence-corrected chi connectivity index (χ3v) is 3.82. The van der Waals surface area contributed by atoms with Gasteiger partial charge in [0.1, 0.15) is 17.3 Å². The second-order valence-electron chi connectivity index (χ2n) is 6.87. The molecule has 2 aromatic rings. The van der Waals surface area contributed by atoms with E-state index in [1.807, 2.05) is 18.2 Å². The van der Waals surface area contributed by atoms with Crippen molar-refractivity contribution in [3.05, 3.63) is 53.8 Å². The monoisotopic (exact) mass is 345 g/mol. The first-order valence-electron chi connectivity index (χ1n) is 8.12. The molecule has 5 heteroatoms. The lowest BCUT2D eigenvalue weighted by atomic mass is 9.87. The average molecular weight is 345 g/mol. The number of carbonyl (C=O) groups is 1. The molecule has 1 amide bonds. The van der Waals surface area contributed by atoms with Gasteiger partial charge in [-0.3, -0.25) is 4.79 Å². The summed E-state index contributed by atoms with van der Waals surface area (Å²) in [4.78, 5) is 12.4. The standard InChI is InChI=1S/C20H24FNO3/c1-13(25-16-9-7-15(21)8-10-16)19(23)22-17-12-14(20(2,3)4)6-11-18(17)24-5/h6-13H,1-5H3,(H,22,23)/t13-/m1/s1. The van der Waals surface area contributed by atoms with Crippen LogP contribution in [0.4, 0.5) is 10.1 Å². The molecule has 1 N–H and O–H groups in total. The van der Waals surface area contributed by atoms with E-state index >= 15 is 0 Å². The Kier molecular flexibility index (Phi) is 5.67. The van der Waals surface area contributed by atoms with Gasteiger partial charge in [-0.25, -0.2) is 4.39 Å². The fourth-order valence-electron chi connectivity index (χ4n) is 2.28. The summed E-state index contributed by atoms with van der Waals surface area (Å²) in [7, 11) is 1.56. The Bertz CT molecular complexity index is 736. The molecule has 4 nitrogen and oxygen atoms in total. The first kappa shape index (κ1) is 18.8. The Morgan fingerprint density at radius 3 is 2.32 bits per heavy atom. The highest BCUT2D eigenvalue weighted by Crippen LogP contribution is 2.31. The van der Waals surface area contributed by atoms with E-state index in [1.165, 1.54) is 24.3 Å². The van der Waals surface area contributed by atoms with Crippen molar-refractivity contribution in [2.24, 2.45) is 0 Å². The molecule has 0 heterocycles. The molecule has 2 aromatic carbocycles. The lowest BCUT2D eigenvalue weighted by Crippen LogP contribution is -2.30. The Balaban J connectivity index is 2.14. The van der Waals surface area contributed by atoms with Crippen LogP contribution in [0.2, 0.25) is 0 Å². The normalized spacial score (nSPS) is 12.4. The number of nitrogens with one attached hydrogen (secondary N) is 1. The molecule has 0 spiro atoms. The van der Waals surface area contributed by atoms with Gasteiger partial charge in [0, 0.05) is 0 Å². The lowest BCUT2D eigenvalue weighted by molar-refractivity contribution is -0.122. The van der Waals surface area contributed by atoms with Crippen molar-refractivity contribution in [3.8, 4) is 11.5 Å². The molecular formula is C20H24FNO3. The molecular weight excluding hydrogens is 321 g/mol. The molecule has 0 radical (unpaired) electrons.